The molecule has 0 unspecified atom stereocenters. The Morgan fingerprint density at radius 3 is 2.65 bits per heavy atom. The average molecular weight is 363 g/mol. The second-order valence-electron chi connectivity index (χ2n) is 5.54. The van der Waals surface area contributed by atoms with Crippen LogP contribution in [0.1, 0.15) is 0 Å². The molecule has 1 N–H and O–H groups in total. The van der Waals surface area contributed by atoms with E-state index in [1.165, 1.54) is 5.39 Å². The van der Waals surface area contributed by atoms with Gasteiger partial charge in [-0.2, -0.15) is 0 Å². The van der Waals surface area contributed by atoms with Gasteiger partial charge in [-0.25, -0.2) is 4.98 Å². The van der Waals surface area contributed by atoms with Crippen molar-refractivity contribution in [3.8, 4) is 11.5 Å². The summed E-state index contributed by atoms with van der Waals surface area (Å²) in [6.07, 6.45) is 0. The van der Waals surface area contributed by atoms with E-state index in [0.717, 1.165) is 37.6 Å². The fourth-order valence-electron chi connectivity index (χ4n) is 3.03. The SMILES string of the molecule is Brc1ccc2[nH]c3c(ccc4nc(-c5ccccc5)oc43)c2c1. The van der Waals surface area contributed by atoms with E-state index in [2.05, 4.69) is 44.1 Å². The molecule has 0 saturated heterocycles. The van der Waals surface area contributed by atoms with Crippen LogP contribution in [0.2, 0.25) is 0 Å². The Balaban J connectivity index is 1.86. The molecule has 0 saturated carbocycles. The summed E-state index contributed by atoms with van der Waals surface area (Å²) in [4.78, 5) is 8.08. The number of hydrogen-bond acceptors (Lipinski definition) is 2. The highest BCUT2D eigenvalue weighted by molar-refractivity contribution is 9.10. The van der Waals surface area contributed by atoms with E-state index in [1.807, 2.05) is 42.5 Å². The largest absolute Gasteiger partial charge is 0.434 e. The van der Waals surface area contributed by atoms with Gasteiger partial charge in [0.25, 0.3) is 0 Å². The van der Waals surface area contributed by atoms with Crippen molar-refractivity contribution in [1.82, 2.24) is 9.97 Å². The van der Waals surface area contributed by atoms with Gasteiger partial charge in [0.1, 0.15) is 5.52 Å². The molecule has 0 fully saturated rings. The number of aromatic nitrogens is 2. The van der Waals surface area contributed by atoms with Gasteiger partial charge in [0, 0.05) is 26.3 Å². The fraction of sp³-hybridized carbons (Fsp3) is 0. The number of oxazole rings is 1. The number of benzene rings is 3. The number of H-pyrrole nitrogens is 1. The van der Waals surface area contributed by atoms with Crippen molar-refractivity contribution in [2.24, 2.45) is 0 Å². The Bertz CT molecular complexity index is 1170. The molecule has 0 amide bonds. The summed E-state index contributed by atoms with van der Waals surface area (Å²) in [5.74, 6) is 0.646. The van der Waals surface area contributed by atoms with E-state index in [1.54, 1.807) is 0 Å². The first-order valence-corrected chi connectivity index (χ1v) is 8.15. The molecule has 2 heterocycles. The van der Waals surface area contributed by atoms with Crippen LogP contribution in [0.5, 0.6) is 0 Å². The highest BCUT2D eigenvalue weighted by Gasteiger charge is 2.14. The lowest BCUT2D eigenvalue weighted by atomic mass is 10.1. The summed E-state index contributed by atoms with van der Waals surface area (Å²) in [6.45, 7) is 0. The maximum Gasteiger partial charge on any atom is 0.227 e. The van der Waals surface area contributed by atoms with Gasteiger partial charge in [0.15, 0.2) is 5.58 Å². The molecular formula is C19H11BrN2O. The van der Waals surface area contributed by atoms with Gasteiger partial charge in [-0.3, -0.25) is 0 Å². The number of aromatic amines is 1. The van der Waals surface area contributed by atoms with Crippen molar-refractivity contribution in [3.63, 3.8) is 0 Å². The Hall–Kier alpha value is -2.59. The molecule has 5 rings (SSSR count). The molecule has 0 aliphatic heterocycles. The van der Waals surface area contributed by atoms with E-state index in [4.69, 9.17) is 4.42 Å². The molecule has 0 aliphatic rings. The van der Waals surface area contributed by atoms with Crippen LogP contribution in [0.3, 0.4) is 0 Å². The molecule has 110 valence electrons. The molecule has 0 aliphatic carbocycles. The molecule has 0 bridgehead atoms. The maximum atomic E-state index is 6.07. The second-order valence-corrected chi connectivity index (χ2v) is 6.45. The molecule has 0 spiro atoms. The predicted molar refractivity (Wildman–Crippen MR) is 96.5 cm³/mol. The number of rotatable bonds is 1. The zero-order valence-electron chi connectivity index (χ0n) is 12.0. The fourth-order valence-corrected chi connectivity index (χ4v) is 3.39. The van der Waals surface area contributed by atoms with E-state index >= 15 is 0 Å². The highest BCUT2D eigenvalue weighted by Crippen LogP contribution is 2.34. The summed E-state index contributed by atoms with van der Waals surface area (Å²) in [7, 11) is 0. The minimum Gasteiger partial charge on any atom is -0.434 e. The lowest BCUT2D eigenvalue weighted by molar-refractivity contribution is 0.622. The minimum atomic E-state index is 0.646. The van der Waals surface area contributed by atoms with Crippen LogP contribution in [0.15, 0.2) is 69.6 Å². The standard InChI is InChI=1S/C19H11BrN2O/c20-12-6-8-15-14(10-12)13-7-9-16-18(17(13)21-15)23-19(22-16)11-4-2-1-3-5-11/h1-10,21H. The smallest absolute Gasteiger partial charge is 0.227 e. The van der Waals surface area contributed by atoms with E-state index < -0.39 is 0 Å². The van der Waals surface area contributed by atoms with Crippen molar-refractivity contribution < 1.29 is 4.42 Å². The van der Waals surface area contributed by atoms with Crippen molar-refractivity contribution in [2.45, 2.75) is 0 Å². The maximum absolute atomic E-state index is 6.07. The average Bonchev–Trinajstić information content (AvgIpc) is 3.16. The molecule has 3 nitrogen and oxygen atoms in total. The first-order valence-electron chi connectivity index (χ1n) is 7.35. The van der Waals surface area contributed by atoms with Crippen molar-refractivity contribution in [2.75, 3.05) is 0 Å². The quantitative estimate of drug-likeness (QED) is 0.403. The van der Waals surface area contributed by atoms with Gasteiger partial charge in [-0.05, 0) is 42.5 Å². The predicted octanol–water partition coefficient (Wildman–Crippen LogP) is 5.89. The third-order valence-corrected chi connectivity index (χ3v) is 4.60. The molecule has 3 aromatic carbocycles. The van der Waals surface area contributed by atoms with Gasteiger partial charge in [-0.1, -0.05) is 34.1 Å². The third-order valence-electron chi connectivity index (χ3n) is 4.11. The Labute approximate surface area is 140 Å². The van der Waals surface area contributed by atoms with Crippen molar-refractivity contribution >= 4 is 48.8 Å². The number of fused-ring (bicyclic) bond motifs is 5. The molecule has 23 heavy (non-hydrogen) atoms. The first kappa shape index (κ1) is 12.9. The normalized spacial score (nSPS) is 11.7. The lowest BCUT2D eigenvalue weighted by Crippen LogP contribution is -1.74. The van der Waals surface area contributed by atoms with Gasteiger partial charge >= 0.3 is 0 Å². The van der Waals surface area contributed by atoms with Crippen LogP contribution >= 0.6 is 15.9 Å². The number of nitrogens with zero attached hydrogens (tertiary/aromatic N) is 1. The van der Waals surface area contributed by atoms with Crippen molar-refractivity contribution in [1.29, 1.82) is 0 Å². The van der Waals surface area contributed by atoms with Gasteiger partial charge in [0.05, 0.1) is 5.52 Å². The van der Waals surface area contributed by atoms with Crippen molar-refractivity contribution in [3.05, 3.63) is 65.1 Å². The number of hydrogen-bond donors (Lipinski definition) is 1. The molecule has 5 aromatic rings. The molecule has 2 aromatic heterocycles. The van der Waals surface area contributed by atoms with E-state index in [0.29, 0.717) is 5.89 Å². The number of nitrogens with one attached hydrogen (secondary N) is 1. The molecule has 4 heteroatoms. The minimum absolute atomic E-state index is 0.646. The Kier molecular flexibility index (Phi) is 2.64. The Morgan fingerprint density at radius 1 is 0.913 bits per heavy atom. The zero-order chi connectivity index (χ0) is 15.4. The van der Waals surface area contributed by atoms with Crippen LogP contribution in [0.4, 0.5) is 0 Å². The van der Waals surface area contributed by atoms with Gasteiger partial charge in [0.2, 0.25) is 5.89 Å². The van der Waals surface area contributed by atoms with Gasteiger partial charge < -0.3 is 9.40 Å². The molecular weight excluding hydrogens is 352 g/mol. The monoisotopic (exact) mass is 362 g/mol. The topological polar surface area (TPSA) is 41.8 Å². The molecule has 0 atom stereocenters. The lowest BCUT2D eigenvalue weighted by Gasteiger charge is -1.92. The van der Waals surface area contributed by atoms with E-state index in [9.17, 15) is 0 Å². The summed E-state index contributed by atoms with van der Waals surface area (Å²) in [6, 6.07) is 20.3. The van der Waals surface area contributed by atoms with Crippen LogP contribution in [-0.4, -0.2) is 9.97 Å². The highest BCUT2D eigenvalue weighted by atomic mass is 79.9. The summed E-state index contributed by atoms with van der Waals surface area (Å²) in [5.41, 5.74) is 4.73. The van der Waals surface area contributed by atoms with Crippen LogP contribution in [-0.2, 0) is 0 Å². The third kappa shape index (κ3) is 1.92. The van der Waals surface area contributed by atoms with Crippen LogP contribution in [0, 0.1) is 0 Å². The summed E-state index contributed by atoms with van der Waals surface area (Å²) >= 11 is 3.54. The van der Waals surface area contributed by atoms with E-state index in [-0.39, 0.29) is 0 Å². The summed E-state index contributed by atoms with van der Waals surface area (Å²) in [5, 5.41) is 2.32. The molecule has 0 radical (unpaired) electrons. The number of halogens is 1. The first-order chi connectivity index (χ1) is 11.3. The van der Waals surface area contributed by atoms with Crippen LogP contribution < -0.4 is 0 Å². The summed E-state index contributed by atoms with van der Waals surface area (Å²) < 4.78 is 7.14. The zero-order valence-corrected chi connectivity index (χ0v) is 13.6. The second kappa shape index (κ2) is 4.70. The van der Waals surface area contributed by atoms with Gasteiger partial charge in [-0.15, -0.1) is 0 Å². The Morgan fingerprint density at radius 2 is 1.78 bits per heavy atom. The van der Waals surface area contributed by atoms with Crippen LogP contribution in [0.25, 0.3) is 44.4 Å².